The first-order valence-electron chi connectivity index (χ1n) is 3.97. The van der Waals surface area contributed by atoms with Gasteiger partial charge in [-0.15, -0.1) is 0 Å². The van der Waals surface area contributed by atoms with E-state index >= 15 is 0 Å². The van der Waals surface area contributed by atoms with E-state index in [2.05, 4.69) is 30.1 Å². The van der Waals surface area contributed by atoms with Gasteiger partial charge < -0.3 is 5.73 Å². The van der Waals surface area contributed by atoms with Crippen molar-refractivity contribution in [3.8, 4) is 0 Å². The second kappa shape index (κ2) is 7.31. The highest BCUT2D eigenvalue weighted by atomic mass is 15.2. The van der Waals surface area contributed by atoms with Crippen molar-refractivity contribution in [3.63, 3.8) is 0 Å². The summed E-state index contributed by atoms with van der Waals surface area (Å²) in [5.41, 5.74) is 29.3. The SMILES string of the molecule is [N-]=[N+]=NCC(CN)(CN=[N+]=[N-])CN=[N+]=[N-]. The summed E-state index contributed by atoms with van der Waals surface area (Å²) >= 11 is 0. The number of hydrogen-bond donors (Lipinski definition) is 1. The topological polar surface area (TPSA) is 172 Å². The normalized spacial score (nSPS) is 12.6. The molecule has 0 aromatic rings. The highest BCUT2D eigenvalue weighted by molar-refractivity contribution is 4.87. The van der Waals surface area contributed by atoms with Gasteiger partial charge in [0.2, 0.25) is 0 Å². The van der Waals surface area contributed by atoms with Gasteiger partial charge in [-0.05, 0) is 28.6 Å². The molecule has 0 spiro atoms. The number of azide groups is 3. The molecule has 0 rings (SSSR count). The van der Waals surface area contributed by atoms with E-state index in [1.807, 2.05) is 0 Å². The number of hydrogen-bond acceptors (Lipinski definition) is 4. The lowest BCUT2D eigenvalue weighted by molar-refractivity contribution is 0.332. The van der Waals surface area contributed by atoms with Crippen molar-refractivity contribution < 1.29 is 0 Å². The molecular weight excluding hydrogens is 200 g/mol. The second-order valence-electron chi connectivity index (χ2n) is 2.87. The van der Waals surface area contributed by atoms with Crippen LogP contribution in [0.3, 0.4) is 0 Å². The molecule has 0 atom stereocenters. The van der Waals surface area contributed by atoms with Crippen LogP contribution in [0.1, 0.15) is 0 Å². The number of nitrogens with two attached hydrogens (primary N) is 1. The molecule has 0 aliphatic rings. The third kappa shape index (κ3) is 4.61. The second-order valence-corrected chi connectivity index (χ2v) is 2.87. The molecule has 15 heavy (non-hydrogen) atoms. The maximum atomic E-state index is 8.19. The van der Waals surface area contributed by atoms with Crippen LogP contribution in [0.4, 0.5) is 0 Å². The van der Waals surface area contributed by atoms with Crippen molar-refractivity contribution >= 4 is 0 Å². The monoisotopic (exact) mass is 210 g/mol. The predicted octanol–water partition coefficient (Wildman–Crippen LogP) is 1.86. The number of nitrogens with zero attached hydrogens (tertiary/aromatic N) is 9. The molecule has 0 aliphatic heterocycles. The first-order valence-corrected chi connectivity index (χ1v) is 3.97. The number of rotatable bonds is 7. The highest BCUT2D eigenvalue weighted by Gasteiger charge is 2.26. The Bertz CT molecular complexity index is 277. The Morgan fingerprint density at radius 1 is 0.867 bits per heavy atom. The molecule has 0 aliphatic carbocycles. The quantitative estimate of drug-likeness (QED) is 0.377. The molecule has 0 saturated heterocycles. The summed E-state index contributed by atoms with van der Waals surface area (Å²) in [6.45, 7) is 0.179. The third-order valence-corrected chi connectivity index (χ3v) is 1.84. The maximum absolute atomic E-state index is 8.19. The molecular formula is C5H10N10. The Labute approximate surface area is 84.9 Å². The Morgan fingerprint density at radius 2 is 1.20 bits per heavy atom. The van der Waals surface area contributed by atoms with E-state index in [1.165, 1.54) is 0 Å². The van der Waals surface area contributed by atoms with Gasteiger partial charge in [-0.2, -0.15) is 0 Å². The van der Waals surface area contributed by atoms with Crippen molar-refractivity contribution in [3.05, 3.63) is 31.3 Å². The van der Waals surface area contributed by atoms with Gasteiger partial charge >= 0.3 is 0 Å². The summed E-state index contributed by atoms with van der Waals surface area (Å²) in [6, 6.07) is 0. The van der Waals surface area contributed by atoms with Crippen LogP contribution in [0, 0.1) is 5.41 Å². The van der Waals surface area contributed by atoms with E-state index in [0.717, 1.165) is 0 Å². The largest absolute Gasteiger partial charge is 0.330 e. The molecule has 0 saturated carbocycles. The van der Waals surface area contributed by atoms with Crippen LogP contribution < -0.4 is 5.73 Å². The van der Waals surface area contributed by atoms with Gasteiger partial charge in [-0.3, -0.25) is 0 Å². The van der Waals surface area contributed by atoms with E-state index in [-0.39, 0.29) is 26.2 Å². The van der Waals surface area contributed by atoms with E-state index in [0.29, 0.717) is 0 Å². The molecule has 80 valence electrons. The van der Waals surface area contributed by atoms with Crippen LogP contribution >= 0.6 is 0 Å². The van der Waals surface area contributed by atoms with Gasteiger partial charge in [0.05, 0.1) is 0 Å². The van der Waals surface area contributed by atoms with Crippen molar-refractivity contribution in [1.29, 1.82) is 0 Å². The fourth-order valence-electron chi connectivity index (χ4n) is 0.889. The van der Waals surface area contributed by atoms with Crippen molar-refractivity contribution in [2.45, 2.75) is 0 Å². The zero-order valence-corrected chi connectivity index (χ0v) is 7.93. The summed E-state index contributed by atoms with van der Waals surface area (Å²) in [4.78, 5) is 7.75. The van der Waals surface area contributed by atoms with Gasteiger partial charge in [-0.1, -0.05) is 15.3 Å². The Hall–Kier alpha value is -2.11. The van der Waals surface area contributed by atoms with Crippen molar-refractivity contribution in [2.75, 3.05) is 26.2 Å². The van der Waals surface area contributed by atoms with E-state index < -0.39 is 5.41 Å². The summed E-state index contributed by atoms with van der Waals surface area (Å²) < 4.78 is 0. The molecule has 0 fully saturated rings. The summed E-state index contributed by atoms with van der Waals surface area (Å²) in [5, 5.41) is 10.1. The van der Waals surface area contributed by atoms with Crippen molar-refractivity contribution in [2.24, 2.45) is 26.5 Å². The molecule has 0 aromatic heterocycles. The van der Waals surface area contributed by atoms with Gasteiger partial charge in [0.1, 0.15) is 0 Å². The van der Waals surface area contributed by atoms with Crippen molar-refractivity contribution in [1.82, 2.24) is 0 Å². The van der Waals surface area contributed by atoms with Crippen LogP contribution in [0.2, 0.25) is 0 Å². The van der Waals surface area contributed by atoms with Gasteiger partial charge in [0.15, 0.2) is 0 Å². The van der Waals surface area contributed by atoms with Gasteiger partial charge in [-0.25, -0.2) is 0 Å². The third-order valence-electron chi connectivity index (χ3n) is 1.84. The zero-order valence-electron chi connectivity index (χ0n) is 7.93. The average molecular weight is 210 g/mol. The molecule has 0 amide bonds. The first kappa shape index (κ1) is 12.9. The minimum atomic E-state index is -0.787. The summed E-state index contributed by atoms with van der Waals surface area (Å²) in [7, 11) is 0. The molecule has 0 radical (unpaired) electrons. The molecule has 2 N–H and O–H groups in total. The van der Waals surface area contributed by atoms with E-state index in [4.69, 9.17) is 22.3 Å². The molecule has 0 aromatic carbocycles. The zero-order chi connectivity index (χ0) is 11.6. The van der Waals surface area contributed by atoms with Crippen LogP contribution in [0.25, 0.3) is 31.3 Å². The molecule has 10 heteroatoms. The Morgan fingerprint density at radius 3 is 1.40 bits per heavy atom. The lowest BCUT2D eigenvalue weighted by Crippen LogP contribution is -2.39. The highest BCUT2D eigenvalue weighted by Crippen LogP contribution is 2.18. The van der Waals surface area contributed by atoms with Gasteiger partial charge in [0.25, 0.3) is 0 Å². The predicted molar refractivity (Wildman–Crippen MR) is 53.5 cm³/mol. The summed E-state index contributed by atoms with van der Waals surface area (Å²) in [6.07, 6.45) is 0. The van der Waals surface area contributed by atoms with E-state index in [9.17, 15) is 0 Å². The summed E-state index contributed by atoms with van der Waals surface area (Å²) in [5.74, 6) is 0. The molecule has 10 nitrogen and oxygen atoms in total. The Balaban J connectivity index is 4.78. The fourth-order valence-corrected chi connectivity index (χ4v) is 0.889. The fraction of sp³-hybridized carbons (Fsp3) is 1.00. The maximum Gasteiger partial charge on any atom is 0.0329 e. The molecule has 0 heterocycles. The lowest BCUT2D eigenvalue weighted by Gasteiger charge is -2.26. The Kier molecular flexibility index (Phi) is 6.28. The molecule has 0 unspecified atom stereocenters. The average Bonchev–Trinajstić information content (AvgIpc) is 2.29. The standard InChI is InChI=1S/C5H10N10/c6-1-5(2-10-13-7,3-11-14-8)4-12-15-9/h1-4,6H2. The molecule has 0 bridgehead atoms. The van der Waals surface area contributed by atoms with E-state index in [1.54, 1.807) is 0 Å². The van der Waals surface area contributed by atoms with Crippen LogP contribution in [-0.2, 0) is 0 Å². The van der Waals surface area contributed by atoms with Gasteiger partial charge in [0, 0.05) is 34.4 Å². The first-order chi connectivity index (χ1) is 7.24. The minimum absolute atomic E-state index is 0.0258. The van der Waals surface area contributed by atoms with Crippen LogP contribution in [0.15, 0.2) is 15.3 Å². The van der Waals surface area contributed by atoms with Crippen LogP contribution in [0.5, 0.6) is 0 Å². The lowest BCUT2D eigenvalue weighted by atomic mass is 9.88. The smallest absolute Gasteiger partial charge is 0.0329 e. The van der Waals surface area contributed by atoms with Crippen LogP contribution in [-0.4, -0.2) is 26.2 Å². The minimum Gasteiger partial charge on any atom is -0.330 e.